The molecule has 0 saturated carbocycles. The molecular formula is C21H24ClN3O2. The first kappa shape index (κ1) is 19.4. The van der Waals surface area contributed by atoms with Crippen LogP contribution in [0.2, 0.25) is 5.02 Å². The van der Waals surface area contributed by atoms with E-state index in [2.05, 4.69) is 10.2 Å². The van der Waals surface area contributed by atoms with Crippen molar-refractivity contribution in [3.05, 3.63) is 64.2 Å². The minimum atomic E-state index is -0.0996. The average Bonchev–Trinajstić information content (AvgIpc) is 2.65. The Hall–Kier alpha value is -2.37. The number of hydrogen-bond donors (Lipinski definition) is 1. The van der Waals surface area contributed by atoms with Crippen molar-refractivity contribution in [1.29, 1.82) is 0 Å². The zero-order valence-electron chi connectivity index (χ0n) is 15.7. The molecule has 1 fully saturated rings. The number of piperazine rings is 1. The van der Waals surface area contributed by atoms with Crippen LogP contribution in [0.1, 0.15) is 21.5 Å². The lowest BCUT2D eigenvalue weighted by atomic mass is 10.0. The van der Waals surface area contributed by atoms with Gasteiger partial charge < -0.3 is 10.2 Å². The first-order chi connectivity index (χ1) is 12.9. The third-order valence-electron chi connectivity index (χ3n) is 4.80. The van der Waals surface area contributed by atoms with Crippen molar-refractivity contribution in [3.63, 3.8) is 0 Å². The summed E-state index contributed by atoms with van der Waals surface area (Å²) in [4.78, 5) is 29.0. The highest BCUT2D eigenvalue weighted by molar-refractivity contribution is 6.33. The Morgan fingerprint density at radius 1 is 1.04 bits per heavy atom. The van der Waals surface area contributed by atoms with Crippen molar-refractivity contribution in [3.8, 4) is 0 Å². The molecule has 3 rings (SSSR count). The number of para-hydroxylation sites is 1. The molecule has 0 spiro atoms. The Morgan fingerprint density at radius 2 is 1.74 bits per heavy atom. The zero-order valence-corrected chi connectivity index (χ0v) is 16.4. The van der Waals surface area contributed by atoms with Crippen LogP contribution < -0.4 is 5.32 Å². The van der Waals surface area contributed by atoms with Gasteiger partial charge in [-0.2, -0.15) is 0 Å². The van der Waals surface area contributed by atoms with Crippen molar-refractivity contribution in [2.75, 3.05) is 38.0 Å². The maximum absolute atomic E-state index is 12.8. The van der Waals surface area contributed by atoms with Gasteiger partial charge >= 0.3 is 0 Å². The number of rotatable bonds is 4. The fourth-order valence-corrected chi connectivity index (χ4v) is 3.38. The van der Waals surface area contributed by atoms with Crippen molar-refractivity contribution >= 4 is 29.1 Å². The molecule has 0 aromatic heterocycles. The summed E-state index contributed by atoms with van der Waals surface area (Å²) in [6, 6.07) is 13.1. The number of nitrogens with one attached hydrogen (secondary N) is 1. The number of benzene rings is 2. The summed E-state index contributed by atoms with van der Waals surface area (Å²) in [6.07, 6.45) is 0. The van der Waals surface area contributed by atoms with E-state index in [0.717, 1.165) is 16.7 Å². The smallest absolute Gasteiger partial charge is 0.254 e. The normalized spacial score (nSPS) is 14.9. The van der Waals surface area contributed by atoms with Crippen molar-refractivity contribution in [1.82, 2.24) is 9.80 Å². The lowest BCUT2D eigenvalue weighted by Crippen LogP contribution is -2.50. The third kappa shape index (κ3) is 4.87. The predicted octanol–water partition coefficient (Wildman–Crippen LogP) is 3.35. The molecule has 6 heteroatoms. The van der Waals surface area contributed by atoms with E-state index in [1.807, 2.05) is 49.1 Å². The number of amides is 2. The molecule has 0 aliphatic carbocycles. The molecular weight excluding hydrogens is 362 g/mol. The molecule has 0 radical (unpaired) electrons. The minimum absolute atomic E-state index is 0.0661. The lowest BCUT2D eigenvalue weighted by Gasteiger charge is -2.34. The van der Waals surface area contributed by atoms with E-state index in [1.54, 1.807) is 12.1 Å². The molecule has 2 aromatic rings. The molecule has 2 aromatic carbocycles. The maximum Gasteiger partial charge on any atom is 0.254 e. The molecule has 5 nitrogen and oxygen atoms in total. The number of carbonyl (C=O) groups excluding carboxylic acids is 2. The first-order valence-electron chi connectivity index (χ1n) is 9.07. The Balaban J connectivity index is 1.53. The highest BCUT2D eigenvalue weighted by Gasteiger charge is 2.24. The first-order valence-corrected chi connectivity index (χ1v) is 9.45. The van der Waals surface area contributed by atoms with Gasteiger partial charge in [0, 0.05) is 31.7 Å². The topological polar surface area (TPSA) is 52.7 Å². The predicted molar refractivity (Wildman–Crippen MR) is 108 cm³/mol. The van der Waals surface area contributed by atoms with E-state index in [9.17, 15) is 9.59 Å². The van der Waals surface area contributed by atoms with Crippen LogP contribution in [0.25, 0.3) is 0 Å². The number of halogens is 1. The average molecular weight is 386 g/mol. The zero-order chi connectivity index (χ0) is 19.4. The second-order valence-electron chi connectivity index (χ2n) is 6.91. The van der Waals surface area contributed by atoms with Gasteiger partial charge in [0.25, 0.3) is 5.91 Å². The van der Waals surface area contributed by atoms with E-state index in [4.69, 9.17) is 11.6 Å². The highest BCUT2D eigenvalue weighted by Crippen LogP contribution is 2.20. The molecule has 2 amide bonds. The standard InChI is InChI=1S/C21H24ClN3O2/c1-15-7-8-16(2)17(13-15)21(27)25-11-9-24(10-12-25)14-20(26)23-19-6-4-3-5-18(19)22/h3-8,13H,9-12,14H2,1-2H3,(H,23,26). The van der Waals surface area contributed by atoms with Gasteiger partial charge in [-0.25, -0.2) is 0 Å². The van der Waals surface area contributed by atoms with Gasteiger partial charge in [-0.1, -0.05) is 41.4 Å². The maximum atomic E-state index is 12.8. The third-order valence-corrected chi connectivity index (χ3v) is 5.13. The van der Waals surface area contributed by atoms with E-state index in [1.165, 1.54) is 0 Å². The van der Waals surface area contributed by atoms with E-state index >= 15 is 0 Å². The molecule has 0 unspecified atom stereocenters. The Kier molecular flexibility index (Phi) is 6.14. The summed E-state index contributed by atoms with van der Waals surface area (Å²) in [5.41, 5.74) is 3.46. The summed E-state index contributed by atoms with van der Waals surface area (Å²) < 4.78 is 0. The molecule has 1 N–H and O–H groups in total. The summed E-state index contributed by atoms with van der Waals surface area (Å²) in [7, 11) is 0. The number of carbonyl (C=O) groups is 2. The summed E-state index contributed by atoms with van der Waals surface area (Å²) >= 11 is 6.07. The van der Waals surface area contributed by atoms with Crippen LogP contribution >= 0.6 is 11.6 Å². The Labute approximate surface area is 164 Å². The monoisotopic (exact) mass is 385 g/mol. The minimum Gasteiger partial charge on any atom is -0.336 e. The molecule has 1 aliphatic rings. The molecule has 1 aliphatic heterocycles. The Bertz CT molecular complexity index is 845. The molecule has 1 saturated heterocycles. The van der Waals surface area contributed by atoms with E-state index < -0.39 is 0 Å². The highest BCUT2D eigenvalue weighted by atomic mass is 35.5. The SMILES string of the molecule is Cc1ccc(C)c(C(=O)N2CCN(CC(=O)Nc3ccccc3Cl)CC2)c1. The van der Waals surface area contributed by atoms with Gasteiger partial charge in [0.15, 0.2) is 0 Å². The Morgan fingerprint density at radius 3 is 2.44 bits per heavy atom. The molecule has 1 heterocycles. The number of hydrogen-bond acceptors (Lipinski definition) is 3. The second-order valence-corrected chi connectivity index (χ2v) is 7.32. The lowest BCUT2D eigenvalue weighted by molar-refractivity contribution is -0.117. The van der Waals surface area contributed by atoms with Crippen LogP contribution in [0.5, 0.6) is 0 Å². The molecule has 142 valence electrons. The fraction of sp³-hybridized carbons (Fsp3) is 0.333. The number of anilines is 1. The van der Waals surface area contributed by atoms with Crippen molar-refractivity contribution < 1.29 is 9.59 Å². The largest absolute Gasteiger partial charge is 0.336 e. The van der Waals surface area contributed by atoms with Crippen LogP contribution in [0.15, 0.2) is 42.5 Å². The molecule has 0 atom stereocenters. The van der Waals surface area contributed by atoms with Crippen molar-refractivity contribution in [2.45, 2.75) is 13.8 Å². The van der Waals surface area contributed by atoms with Crippen molar-refractivity contribution in [2.24, 2.45) is 0 Å². The summed E-state index contributed by atoms with van der Waals surface area (Å²) in [5.74, 6) is -0.0335. The van der Waals surface area contributed by atoms with Gasteiger partial charge in [-0.05, 0) is 37.6 Å². The van der Waals surface area contributed by atoms with E-state index in [0.29, 0.717) is 36.9 Å². The molecule has 0 bridgehead atoms. The fourth-order valence-electron chi connectivity index (χ4n) is 3.20. The quantitative estimate of drug-likeness (QED) is 0.878. The van der Waals surface area contributed by atoms with Crippen LogP contribution in [0, 0.1) is 13.8 Å². The molecule has 27 heavy (non-hydrogen) atoms. The van der Waals surface area contributed by atoms with Crippen LogP contribution in [-0.2, 0) is 4.79 Å². The summed E-state index contributed by atoms with van der Waals surface area (Å²) in [6.45, 7) is 6.82. The van der Waals surface area contributed by atoms with Crippen LogP contribution in [-0.4, -0.2) is 54.3 Å². The van der Waals surface area contributed by atoms with Gasteiger partial charge in [0.2, 0.25) is 5.91 Å². The summed E-state index contributed by atoms with van der Waals surface area (Å²) in [5, 5.41) is 3.36. The van der Waals surface area contributed by atoms with Crippen LogP contribution in [0.3, 0.4) is 0 Å². The van der Waals surface area contributed by atoms with Gasteiger partial charge in [0.1, 0.15) is 0 Å². The van der Waals surface area contributed by atoms with Crippen LogP contribution in [0.4, 0.5) is 5.69 Å². The van der Waals surface area contributed by atoms with Gasteiger partial charge in [-0.3, -0.25) is 14.5 Å². The number of nitrogens with zero attached hydrogens (tertiary/aromatic N) is 2. The van der Waals surface area contributed by atoms with Gasteiger partial charge in [0.05, 0.1) is 17.3 Å². The van der Waals surface area contributed by atoms with Gasteiger partial charge in [-0.15, -0.1) is 0 Å². The van der Waals surface area contributed by atoms with E-state index in [-0.39, 0.29) is 18.4 Å². The second kappa shape index (κ2) is 8.55. The number of aryl methyl sites for hydroxylation is 2.